The Morgan fingerprint density at radius 3 is 2.64 bits per heavy atom. The molecule has 0 bridgehead atoms. The van der Waals surface area contributed by atoms with E-state index >= 15 is 0 Å². The quantitative estimate of drug-likeness (QED) is 0.926. The fourth-order valence-corrected chi connectivity index (χ4v) is 3.45. The molecule has 1 aliphatic heterocycles. The monoisotopic (exact) mass is 295 g/mol. The van der Waals surface area contributed by atoms with Gasteiger partial charge in [-0.15, -0.1) is 0 Å². The number of nitrogens with one attached hydrogen (secondary N) is 1. The normalized spacial score (nSPS) is 18.5. The number of aromatic amines is 1. The number of nitrogens with zero attached hydrogens (tertiary/aromatic N) is 2. The molecule has 0 spiro atoms. The highest BCUT2D eigenvalue weighted by molar-refractivity contribution is 5.79. The third-order valence-corrected chi connectivity index (χ3v) is 5.03. The van der Waals surface area contributed by atoms with Gasteiger partial charge in [-0.1, -0.05) is 36.8 Å². The lowest BCUT2D eigenvalue weighted by Gasteiger charge is -2.30. The molecule has 2 aromatic rings. The Balaban J connectivity index is 1.55. The van der Waals surface area contributed by atoms with E-state index in [-0.39, 0.29) is 0 Å². The van der Waals surface area contributed by atoms with Crippen molar-refractivity contribution in [1.29, 1.82) is 0 Å². The summed E-state index contributed by atoms with van der Waals surface area (Å²) in [5.74, 6) is 0.661. The van der Waals surface area contributed by atoms with Gasteiger partial charge < -0.3 is 4.90 Å². The average molecular weight is 295 g/mol. The number of rotatable bonds is 2. The molecule has 4 nitrogen and oxygen atoms in total. The first-order valence-corrected chi connectivity index (χ1v) is 8.23. The second-order valence-corrected chi connectivity index (χ2v) is 6.35. The van der Waals surface area contributed by atoms with E-state index in [1.54, 1.807) is 0 Å². The Labute approximate surface area is 130 Å². The first kappa shape index (κ1) is 13.6. The first-order valence-electron chi connectivity index (χ1n) is 8.23. The van der Waals surface area contributed by atoms with Crippen LogP contribution in [0.1, 0.15) is 30.5 Å². The molecule has 0 atom stereocenters. The number of benzene rings is 1. The Morgan fingerprint density at radius 2 is 1.91 bits per heavy atom. The fourth-order valence-electron chi connectivity index (χ4n) is 3.45. The fraction of sp³-hybridized carbons (Fsp3) is 0.444. The third-order valence-electron chi connectivity index (χ3n) is 5.03. The predicted octanol–water partition coefficient (Wildman–Crippen LogP) is 2.80. The van der Waals surface area contributed by atoms with Gasteiger partial charge in [-0.3, -0.25) is 9.89 Å². The van der Waals surface area contributed by atoms with Crippen LogP contribution in [0.25, 0.3) is 11.3 Å². The predicted molar refractivity (Wildman–Crippen MR) is 85.4 cm³/mol. The summed E-state index contributed by atoms with van der Waals surface area (Å²) >= 11 is 0. The highest BCUT2D eigenvalue weighted by atomic mass is 16.2. The molecular weight excluding hydrogens is 274 g/mol. The van der Waals surface area contributed by atoms with Crippen LogP contribution in [-0.2, 0) is 17.6 Å². The molecule has 1 saturated carbocycles. The molecule has 1 N–H and O–H groups in total. The van der Waals surface area contributed by atoms with Gasteiger partial charge in [0.15, 0.2) is 0 Å². The molecule has 0 unspecified atom stereocenters. The van der Waals surface area contributed by atoms with Gasteiger partial charge in [-0.2, -0.15) is 5.10 Å². The van der Waals surface area contributed by atoms with Crippen LogP contribution in [0.15, 0.2) is 30.3 Å². The molecule has 1 amide bonds. The smallest absolute Gasteiger partial charge is 0.225 e. The Kier molecular flexibility index (Phi) is 3.45. The van der Waals surface area contributed by atoms with Crippen molar-refractivity contribution in [2.24, 2.45) is 5.92 Å². The van der Waals surface area contributed by atoms with E-state index in [2.05, 4.69) is 27.2 Å². The van der Waals surface area contributed by atoms with Crippen LogP contribution >= 0.6 is 0 Å². The lowest BCUT2D eigenvalue weighted by Crippen LogP contribution is -2.40. The second kappa shape index (κ2) is 5.59. The molecule has 2 aliphatic rings. The maximum Gasteiger partial charge on any atom is 0.225 e. The molecule has 22 heavy (non-hydrogen) atoms. The van der Waals surface area contributed by atoms with Crippen molar-refractivity contribution in [2.45, 2.75) is 32.1 Å². The highest BCUT2D eigenvalue weighted by Crippen LogP contribution is 2.30. The van der Waals surface area contributed by atoms with E-state index < -0.39 is 0 Å². The van der Waals surface area contributed by atoms with Crippen LogP contribution in [0.2, 0.25) is 0 Å². The number of hydrogen-bond acceptors (Lipinski definition) is 2. The summed E-state index contributed by atoms with van der Waals surface area (Å²) in [5.41, 5.74) is 4.69. The number of hydrogen-bond donors (Lipinski definition) is 1. The van der Waals surface area contributed by atoms with E-state index in [4.69, 9.17) is 0 Å². The van der Waals surface area contributed by atoms with Crippen molar-refractivity contribution in [3.8, 4) is 11.3 Å². The van der Waals surface area contributed by atoms with Crippen LogP contribution in [0.4, 0.5) is 0 Å². The summed E-state index contributed by atoms with van der Waals surface area (Å²) in [4.78, 5) is 14.5. The number of carbonyl (C=O) groups is 1. The summed E-state index contributed by atoms with van der Waals surface area (Å²) in [6, 6.07) is 10.3. The van der Waals surface area contributed by atoms with Crippen LogP contribution in [0.3, 0.4) is 0 Å². The minimum atomic E-state index is 0.295. The summed E-state index contributed by atoms with van der Waals surface area (Å²) in [6.07, 6.45) is 5.16. The number of carbonyl (C=O) groups excluding carboxylic acids is 1. The molecule has 1 aromatic carbocycles. The maximum absolute atomic E-state index is 12.5. The van der Waals surface area contributed by atoms with Crippen molar-refractivity contribution in [2.75, 3.05) is 13.1 Å². The molecule has 114 valence electrons. The summed E-state index contributed by atoms with van der Waals surface area (Å²) < 4.78 is 0. The van der Waals surface area contributed by atoms with Crippen molar-refractivity contribution in [1.82, 2.24) is 15.1 Å². The molecular formula is C18H21N3O. The van der Waals surface area contributed by atoms with Gasteiger partial charge >= 0.3 is 0 Å². The third kappa shape index (κ3) is 2.32. The molecule has 2 heterocycles. The Morgan fingerprint density at radius 1 is 1.14 bits per heavy atom. The van der Waals surface area contributed by atoms with Crippen LogP contribution in [0, 0.1) is 5.92 Å². The summed E-state index contributed by atoms with van der Waals surface area (Å²) in [6.45, 7) is 1.64. The maximum atomic E-state index is 12.5. The molecule has 4 heteroatoms. The van der Waals surface area contributed by atoms with Gasteiger partial charge in [-0.25, -0.2) is 0 Å². The van der Waals surface area contributed by atoms with Crippen molar-refractivity contribution in [3.05, 3.63) is 41.6 Å². The molecule has 0 saturated heterocycles. The van der Waals surface area contributed by atoms with Gasteiger partial charge in [0, 0.05) is 42.2 Å². The Bertz CT molecular complexity index is 673. The zero-order chi connectivity index (χ0) is 14.9. The Hall–Kier alpha value is -2.10. The zero-order valence-corrected chi connectivity index (χ0v) is 12.7. The molecule has 1 aliphatic carbocycles. The summed E-state index contributed by atoms with van der Waals surface area (Å²) in [7, 11) is 0. The van der Waals surface area contributed by atoms with Crippen molar-refractivity contribution < 1.29 is 4.79 Å². The van der Waals surface area contributed by atoms with Crippen molar-refractivity contribution >= 4 is 5.91 Å². The average Bonchev–Trinajstić information content (AvgIpc) is 2.78. The van der Waals surface area contributed by atoms with E-state index in [1.165, 1.54) is 17.7 Å². The van der Waals surface area contributed by atoms with Crippen molar-refractivity contribution in [3.63, 3.8) is 0 Å². The minimum Gasteiger partial charge on any atom is -0.342 e. The number of amides is 1. The highest BCUT2D eigenvalue weighted by Gasteiger charge is 2.31. The molecule has 1 fully saturated rings. The molecule has 1 aromatic heterocycles. The van der Waals surface area contributed by atoms with Crippen LogP contribution < -0.4 is 0 Å². The van der Waals surface area contributed by atoms with Gasteiger partial charge in [0.25, 0.3) is 0 Å². The van der Waals surface area contributed by atoms with Gasteiger partial charge in [0.2, 0.25) is 5.91 Å². The number of H-pyrrole nitrogens is 1. The lowest BCUT2D eigenvalue weighted by atomic mass is 9.84. The SMILES string of the molecule is O=C(C1CCC1)N1CCc2[nH]nc(-c3ccccc3)c2CC1. The van der Waals surface area contributed by atoms with Crippen LogP contribution in [-0.4, -0.2) is 34.1 Å². The lowest BCUT2D eigenvalue weighted by molar-refractivity contribution is -0.138. The van der Waals surface area contributed by atoms with E-state index in [1.807, 2.05) is 18.2 Å². The largest absolute Gasteiger partial charge is 0.342 e. The van der Waals surface area contributed by atoms with Gasteiger partial charge in [0.05, 0.1) is 5.69 Å². The molecule has 0 radical (unpaired) electrons. The van der Waals surface area contributed by atoms with E-state index in [0.29, 0.717) is 11.8 Å². The van der Waals surface area contributed by atoms with Gasteiger partial charge in [-0.05, 0) is 19.3 Å². The van der Waals surface area contributed by atoms with Crippen LogP contribution in [0.5, 0.6) is 0 Å². The molecule has 4 rings (SSSR count). The second-order valence-electron chi connectivity index (χ2n) is 6.35. The number of aromatic nitrogens is 2. The summed E-state index contributed by atoms with van der Waals surface area (Å²) in [5, 5.41) is 7.71. The van der Waals surface area contributed by atoms with E-state index in [0.717, 1.165) is 50.0 Å². The van der Waals surface area contributed by atoms with Gasteiger partial charge in [0.1, 0.15) is 0 Å². The topological polar surface area (TPSA) is 49.0 Å². The zero-order valence-electron chi connectivity index (χ0n) is 12.7. The number of fused-ring (bicyclic) bond motifs is 1. The standard InChI is InChI=1S/C18H21N3O/c22-18(14-7-4-8-14)21-11-9-15-16(10-12-21)19-20-17(15)13-5-2-1-3-6-13/h1-3,5-6,14H,4,7-12H2,(H,19,20). The minimum absolute atomic E-state index is 0.295. The first-order chi connectivity index (χ1) is 10.8. The van der Waals surface area contributed by atoms with E-state index in [9.17, 15) is 4.79 Å².